The predicted octanol–water partition coefficient (Wildman–Crippen LogP) is 4.93. The van der Waals surface area contributed by atoms with Gasteiger partial charge in [-0.15, -0.1) is 10.2 Å². The summed E-state index contributed by atoms with van der Waals surface area (Å²) in [6.45, 7) is 4.96. The van der Waals surface area contributed by atoms with Gasteiger partial charge in [0, 0.05) is 16.6 Å². The molecule has 0 aliphatic carbocycles. The highest BCUT2D eigenvalue weighted by molar-refractivity contribution is 9.10. The lowest BCUT2D eigenvalue weighted by Gasteiger charge is -2.12. The Morgan fingerprint density at radius 3 is 2.59 bits per heavy atom. The number of carbonyl (C=O) groups excluding carboxylic acids is 1. The zero-order valence-electron chi connectivity index (χ0n) is 16.5. The van der Waals surface area contributed by atoms with E-state index in [-0.39, 0.29) is 12.4 Å². The Bertz CT molecular complexity index is 989. The van der Waals surface area contributed by atoms with E-state index >= 15 is 0 Å². The molecule has 0 saturated carbocycles. The number of ether oxygens (including phenoxy) is 2. The van der Waals surface area contributed by atoms with E-state index in [1.807, 2.05) is 60.9 Å². The van der Waals surface area contributed by atoms with Crippen molar-refractivity contribution >= 4 is 33.5 Å². The summed E-state index contributed by atoms with van der Waals surface area (Å²) in [6, 6.07) is 13.1. The minimum Gasteiger partial charge on any atom is -0.493 e. The Morgan fingerprint density at radius 2 is 1.90 bits per heavy atom. The van der Waals surface area contributed by atoms with E-state index in [4.69, 9.17) is 9.47 Å². The second-order valence-electron chi connectivity index (χ2n) is 6.30. The van der Waals surface area contributed by atoms with Crippen LogP contribution in [0.3, 0.4) is 0 Å². The van der Waals surface area contributed by atoms with E-state index in [1.54, 1.807) is 7.11 Å². The first-order chi connectivity index (χ1) is 14.0. The smallest absolute Gasteiger partial charge is 0.191 e. The van der Waals surface area contributed by atoms with Crippen molar-refractivity contribution in [2.24, 2.45) is 0 Å². The van der Waals surface area contributed by atoms with Crippen LogP contribution in [-0.4, -0.2) is 33.4 Å². The number of Topliss-reactive ketones (excluding diaryl/α,β-unsaturated/α-hetero) is 1. The second-order valence-corrected chi connectivity index (χ2v) is 8.16. The van der Waals surface area contributed by atoms with Gasteiger partial charge in [-0.1, -0.05) is 45.9 Å². The second kappa shape index (κ2) is 9.93. The molecule has 152 valence electrons. The van der Waals surface area contributed by atoms with Crippen molar-refractivity contribution in [3.05, 3.63) is 63.9 Å². The van der Waals surface area contributed by atoms with Gasteiger partial charge in [-0.25, -0.2) is 0 Å². The number of hydrogen-bond donors (Lipinski definition) is 0. The molecule has 2 aromatic carbocycles. The molecule has 0 atom stereocenters. The summed E-state index contributed by atoms with van der Waals surface area (Å²) in [5.41, 5.74) is 1.78. The largest absolute Gasteiger partial charge is 0.493 e. The zero-order valence-corrected chi connectivity index (χ0v) is 18.9. The van der Waals surface area contributed by atoms with Crippen molar-refractivity contribution in [2.75, 3.05) is 12.9 Å². The molecule has 0 unspecified atom stereocenters. The number of hydrogen-bond acceptors (Lipinski definition) is 6. The van der Waals surface area contributed by atoms with Gasteiger partial charge in [-0.2, -0.15) is 0 Å². The van der Waals surface area contributed by atoms with Gasteiger partial charge in [0.05, 0.1) is 12.9 Å². The molecule has 3 aromatic rings. The van der Waals surface area contributed by atoms with Gasteiger partial charge in [0.15, 0.2) is 28.3 Å². The van der Waals surface area contributed by atoms with Crippen LogP contribution in [-0.2, 0) is 13.2 Å². The van der Waals surface area contributed by atoms with Crippen LogP contribution in [0.4, 0.5) is 0 Å². The Labute approximate surface area is 182 Å². The molecule has 0 N–H and O–H groups in total. The van der Waals surface area contributed by atoms with Gasteiger partial charge >= 0.3 is 0 Å². The van der Waals surface area contributed by atoms with Crippen LogP contribution in [0.1, 0.15) is 28.7 Å². The summed E-state index contributed by atoms with van der Waals surface area (Å²) < 4.78 is 14.2. The number of rotatable bonds is 9. The van der Waals surface area contributed by atoms with Crippen molar-refractivity contribution in [3.8, 4) is 11.5 Å². The van der Waals surface area contributed by atoms with E-state index in [0.717, 1.165) is 10.0 Å². The molecule has 29 heavy (non-hydrogen) atoms. The van der Waals surface area contributed by atoms with Crippen molar-refractivity contribution in [1.29, 1.82) is 0 Å². The molecular formula is C21H22BrN3O3S. The average Bonchev–Trinajstić information content (AvgIpc) is 3.13. The number of aromatic nitrogens is 3. The minimum atomic E-state index is 0.0512. The van der Waals surface area contributed by atoms with E-state index in [2.05, 4.69) is 26.1 Å². The molecule has 3 rings (SSSR count). The molecular weight excluding hydrogens is 454 g/mol. The number of thioether (sulfide) groups is 1. The van der Waals surface area contributed by atoms with Crippen LogP contribution in [0.25, 0.3) is 0 Å². The SMILES string of the molecule is CCn1c(COc2ccc(C)cc2OC)nnc1SCC(=O)c1ccc(Br)cc1. The molecule has 0 bridgehead atoms. The molecule has 1 aromatic heterocycles. The summed E-state index contributed by atoms with van der Waals surface area (Å²) in [5, 5.41) is 9.19. The highest BCUT2D eigenvalue weighted by Crippen LogP contribution is 2.29. The van der Waals surface area contributed by atoms with E-state index < -0.39 is 0 Å². The van der Waals surface area contributed by atoms with Gasteiger partial charge in [0.25, 0.3) is 0 Å². The first-order valence-electron chi connectivity index (χ1n) is 9.13. The van der Waals surface area contributed by atoms with Gasteiger partial charge in [-0.05, 0) is 43.7 Å². The number of methoxy groups -OCH3 is 1. The van der Waals surface area contributed by atoms with Crippen molar-refractivity contribution in [2.45, 2.75) is 32.2 Å². The van der Waals surface area contributed by atoms with E-state index in [1.165, 1.54) is 11.8 Å². The van der Waals surface area contributed by atoms with Crippen LogP contribution in [0, 0.1) is 6.92 Å². The first-order valence-corrected chi connectivity index (χ1v) is 10.9. The minimum absolute atomic E-state index is 0.0512. The molecule has 0 saturated heterocycles. The van der Waals surface area contributed by atoms with Gasteiger partial charge in [0.1, 0.15) is 6.61 Å². The Balaban J connectivity index is 1.65. The monoisotopic (exact) mass is 475 g/mol. The normalized spacial score (nSPS) is 10.8. The molecule has 1 heterocycles. The summed E-state index contributed by atoms with van der Waals surface area (Å²) in [5.74, 6) is 2.39. The molecule has 8 heteroatoms. The molecule has 0 radical (unpaired) electrons. The number of aryl methyl sites for hydroxylation is 1. The molecule has 6 nitrogen and oxygen atoms in total. The maximum absolute atomic E-state index is 12.4. The Kier molecular flexibility index (Phi) is 7.33. The highest BCUT2D eigenvalue weighted by Gasteiger charge is 2.15. The lowest BCUT2D eigenvalue weighted by Crippen LogP contribution is -2.08. The quantitative estimate of drug-likeness (QED) is 0.322. The van der Waals surface area contributed by atoms with E-state index in [0.29, 0.717) is 40.3 Å². The fourth-order valence-corrected chi connectivity index (χ4v) is 3.92. The predicted molar refractivity (Wildman–Crippen MR) is 117 cm³/mol. The molecule has 0 fully saturated rings. The number of nitrogens with zero attached hydrogens (tertiary/aromatic N) is 3. The molecule has 0 amide bonds. The lowest BCUT2D eigenvalue weighted by atomic mass is 10.2. The number of benzene rings is 2. The van der Waals surface area contributed by atoms with Crippen LogP contribution in [0.2, 0.25) is 0 Å². The van der Waals surface area contributed by atoms with Crippen LogP contribution in [0.15, 0.2) is 52.1 Å². The van der Waals surface area contributed by atoms with Crippen molar-refractivity contribution < 1.29 is 14.3 Å². The van der Waals surface area contributed by atoms with Gasteiger partial charge < -0.3 is 14.0 Å². The topological polar surface area (TPSA) is 66.2 Å². The van der Waals surface area contributed by atoms with Crippen LogP contribution in [0.5, 0.6) is 11.5 Å². The Hall–Kier alpha value is -2.32. The number of carbonyl (C=O) groups is 1. The molecule has 0 aliphatic rings. The third kappa shape index (κ3) is 5.39. The summed E-state index contributed by atoms with van der Waals surface area (Å²) in [6.07, 6.45) is 0. The zero-order chi connectivity index (χ0) is 20.8. The Morgan fingerprint density at radius 1 is 1.14 bits per heavy atom. The third-order valence-electron chi connectivity index (χ3n) is 4.28. The number of ketones is 1. The fraction of sp³-hybridized carbons (Fsp3) is 0.286. The van der Waals surface area contributed by atoms with E-state index in [9.17, 15) is 4.79 Å². The summed E-state index contributed by atoms with van der Waals surface area (Å²) in [7, 11) is 1.62. The maximum Gasteiger partial charge on any atom is 0.191 e. The van der Waals surface area contributed by atoms with Gasteiger partial charge in [-0.3, -0.25) is 4.79 Å². The first kappa shape index (κ1) is 21.4. The standard InChI is InChI=1S/C21H22BrN3O3S/c1-4-25-20(12-28-18-10-5-14(2)11-19(18)27-3)23-24-21(25)29-13-17(26)15-6-8-16(22)9-7-15/h5-11H,4,12-13H2,1-3H3. The van der Waals surface area contributed by atoms with Crippen LogP contribution < -0.4 is 9.47 Å². The maximum atomic E-state index is 12.4. The number of halogens is 1. The summed E-state index contributed by atoms with van der Waals surface area (Å²) >= 11 is 4.76. The molecule has 0 spiro atoms. The van der Waals surface area contributed by atoms with Gasteiger partial charge in [0.2, 0.25) is 0 Å². The summed E-state index contributed by atoms with van der Waals surface area (Å²) in [4.78, 5) is 12.4. The molecule has 0 aliphatic heterocycles. The van der Waals surface area contributed by atoms with Crippen molar-refractivity contribution in [3.63, 3.8) is 0 Å². The average molecular weight is 476 g/mol. The third-order valence-corrected chi connectivity index (χ3v) is 5.78. The fourth-order valence-electron chi connectivity index (χ4n) is 2.74. The van der Waals surface area contributed by atoms with Crippen molar-refractivity contribution in [1.82, 2.24) is 14.8 Å². The lowest BCUT2D eigenvalue weighted by molar-refractivity contribution is 0.102. The van der Waals surface area contributed by atoms with Crippen LogP contribution >= 0.6 is 27.7 Å². The highest BCUT2D eigenvalue weighted by atomic mass is 79.9.